The maximum atomic E-state index is 13.8. The van der Waals surface area contributed by atoms with E-state index in [1.165, 1.54) is 6.20 Å². The minimum absolute atomic E-state index is 0.0920. The lowest BCUT2D eigenvalue weighted by molar-refractivity contribution is 0.614. The van der Waals surface area contributed by atoms with Crippen LogP contribution < -0.4 is 10.6 Å². The first kappa shape index (κ1) is 15.5. The van der Waals surface area contributed by atoms with Crippen LogP contribution in [0.15, 0.2) is 30.5 Å². The summed E-state index contributed by atoms with van der Waals surface area (Å²) in [5, 5.41) is 6.76. The van der Waals surface area contributed by atoms with Gasteiger partial charge in [0.2, 0.25) is 5.95 Å². The molecule has 1 atom stereocenters. The molecule has 1 unspecified atom stereocenters. The lowest BCUT2D eigenvalue weighted by Crippen LogP contribution is -2.12. The van der Waals surface area contributed by atoms with Gasteiger partial charge in [0.1, 0.15) is 0 Å². The third-order valence-corrected chi connectivity index (χ3v) is 3.25. The van der Waals surface area contributed by atoms with E-state index in [4.69, 9.17) is 11.6 Å². The van der Waals surface area contributed by atoms with Gasteiger partial charge in [-0.3, -0.25) is 0 Å². The fraction of sp³-hybridized carbons (Fsp3) is 0.333. The summed E-state index contributed by atoms with van der Waals surface area (Å²) >= 11 is 5.86. The molecule has 0 fully saturated rings. The van der Waals surface area contributed by atoms with Crippen molar-refractivity contribution >= 4 is 23.4 Å². The molecule has 112 valence electrons. The standard InChI is InChI=1S/C15H18ClFN4/c1-3-8-18-15-19-9-13(17)14(21-15)20-10(2)11-4-6-12(16)7-5-11/h4-7,9-10H,3,8H2,1-2H3,(H2,18,19,20,21). The number of benzene rings is 1. The summed E-state index contributed by atoms with van der Waals surface area (Å²) in [6.45, 7) is 4.72. The molecule has 6 heteroatoms. The second-order valence-corrected chi connectivity index (χ2v) is 5.17. The topological polar surface area (TPSA) is 49.8 Å². The van der Waals surface area contributed by atoms with Crippen LogP contribution in [0, 0.1) is 5.82 Å². The van der Waals surface area contributed by atoms with E-state index in [9.17, 15) is 4.39 Å². The zero-order chi connectivity index (χ0) is 15.2. The van der Waals surface area contributed by atoms with Gasteiger partial charge in [0, 0.05) is 11.6 Å². The van der Waals surface area contributed by atoms with Gasteiger partial charge in [-0.1, -0.05) is 30.7 Å². The molecule has 0 spiro atoms. The van der Waals surface area contributed by atoms with E-state index in [1.54, 1.807) is 12.1 Å². The number of hydrogen-bond donors (Lipinski definition) is 2. The van der Waals surface area contributed by atoms with Crippen LogP contribution in [0.5, 0.6) is 0 Å². The lowest BCUT2D eigenvalue weighted by Gasteiger charge is -2.16. The van der Waals surface area contributed by atoms with Gasteiger partial charge >= 0.3 is 0 Å². The molecule has 1 heterocycles. The van der Waals surface area contributed by atoms with Gasteiger partial charge < -0.3 is 10.6 Å². The molecule has 2 rings (SSSR count). The van der Waals surface area contributed by atoms with Gasteiger partial charge in [-0.2, -0.15) is 4.98 Å². The van der Waals surface area contributed by atoms with Crippen molar-refractivity contribution in [3.8, 4) is 0 Å². The van der Waals surface area contributed by atoms with Crippen LogP contribution in [0.4, 0.5) is 16.2 Å². The van der Waals surface area contributed by atoms with Crippen molar-refractivity contribution in [2.24, 2.45) is 0 Å². The van der Waals surface area contributed by atoms with Crippen LogP contribution in [-0.2, 0) is 0 Å². The third-order valence-electron chi connectivity index (χ3n) is 3.00. The summed E-state index contributed by atoms with van der Waals surface area (Å²) in [4.78, 5) is 8.07. The van der Waals surface area contributed by atoms with Gasteiger partial charge in [-0.25, -0.2) is 9.37 Å². The van der Waals surface area contributed by atoms with Crippen molar-refractivity contribution in [1.82, 2.24) is 9.97 Å². The zero-order valence-corrected chi connectivity index (χ0v) is 12.8. The van der Waals surface area contributed by atoms with Gasteiger partial charge in [0.05, 0.1) is 12.2 Å². The molecule has 1 aromatic carbocycles. The Bertz CT molecular complexity index is 589. The highest BCUT2D eigenvalue weighted by atomic mass is 35.5. The van der Waals surface area contributed by atoms with Crippen molar-refractivity contribution in [3.05, 3.63) is 46.9 Å². The molecule has 2 N–H and O–H groups in total. The highest BCUT2D eigenvalue weighted by molar-refractivity contribution is 6.30. The van der Waals surface area contributed by atoms with E-state index in [-0.39, 0.29) is 11.9 Å². The third kappa shape index (κ3) is 4.29. The Morgan fingerprint density at radius 2 is 2.00 bits per heavy atom. The Hall–Kier alpha value is -1.88. The van der Waals surface area contributed by atoms with Crippen molar-refractivity contribution in [2.45, 2.75) is 26.3 Å². The normalized spacial score (nSPS) is 12.0. The van der Waals surface area contributed by atoms with E-state index in [0.717, 1.165) is 18.5 Å². The van der Waals surface area contributed by atoms with Crippen molar-refractivity contribution < 1.29 is 4.39 Å². The first-order valence-electron chi connectivity index (χ1n) is 6.88. The van der Waals surface area contributed by atoms with Crippen LogP contribution in [0.3, 0.4) is 0 Å². The van der Waals surface area contributed by atoms with Crippen molar-refractivity contribution in [2.75, 3.05) is 17.2 Å². The van der Waals surface area contributed by atoms with Gasteiger partial charge in [-0.05, 0) is 31.0 Å². The van der Waals surface area contributed by atoms with E-state index in [2.05, 4.69) is 20.6 Å². The molecular weight excluding hydrogens is 291 g/mol. The van der Waals surface area contributed by atoms with Crippen LogP contribution in [0.2, 0.25) is 5.02 Å². The first-order valence-corrected chi connectivity index (χ1v) is 7.26. The van der Waals surface area contributed by atoms with E-state index in [0.29, 0.717) is 11.0 Å². The second kappa shape index (κ2) is 7.22. The molecule has 4 nitrogen and oxygen atoms in total. The monoisotopic (exact) mass is 308 g/mol. The summed E-state index contributed by atoms with van der Waals surface area (Å²) in [5.74, 6) is 0.132. The molecular formula is C15H18ClFN4. The smallest absolute Gasteiger partial charge is 0.224 e. The maximum absolute atomic E-state index is 13.8. The average molecular weight is 309 g/mol. The first-order chi connectivity index (χ1) is 10.1. The van der Waals surface area contributed by atoms with Crippen molar-refractivity contribution in [1.29, 1.82) is 0 Å². The Kier molecular flexibility index (Phi) is 5.33. The molecule has 1 aromatic heterocycles. The number of nitrogens with one attached hydrogen (secondary N) is 2. The molecule has 2 aromatic rings. The van der Waals surface area contributed by atoms with E-state index < -0.39 is 5.82 Å². The molecule has 0 amide bonds. The fourth-order valence-electron chi connectivity index (χ4n) is 1.83. The zero-order valence-electron chi connectivity index (χ0n) is 12.0. The average Bonchev–Trinajstić information content (AvgIpc) is 2.48. The molecule has 0 saturated heterocycles. The van der Waals surface area contributed by atoms with Gasteiger partial charge in [-0.15, -0.1) is 0 Å². The number of halogens is 2. The van der Waals surface area contributed by atoms with Crippen LogP contribution in [-0.4, -0.2) is 16.5 Å². The second-order valence-electron chi connectivity index (χ2n) is 4.73. The molecule has 0 radical (unpaired) electrons. The van der Waals surface area contributed by atoms with Gasteiger partial charge in [0.15, 0.2) is 11.6 Å². The minimum Gasteiger partial charge on any atom is -0.361 e. The minimum atomic E-state index is -0.474. The Morgan fingerprint density at radius 3 is 2.67 bits per heavy atom. The van der Waals surface area contributed by atoms with E-state index >= 15 is 0 Å². The predicted octanol–water partition coefficient (Wildman–Crippen LogP) is 4.26. The SMILES string of the molecule is CCCNc1ncc(F)c(NC(C)c2ccc(Cl)cc2)n1. The molecule has 21 heavy (non-hydrogen) atoms. The van der Waals surface area contributed by atoms with Crippen LogP contribution >= 0.6 is 11.6 Å². The summed E-state index contributed by atoms with van der Waals surface area (Å²) in [6, 6.07) is 7.31. The Labute approximate surface area is 128 Å². The summed E-state index contributed by atoms with van der Waals surface area (Å²) in [5.41, 5.74) is 1.00. The number of rotatable bonds is 6. The number of hydrogen-bond acceptors (Lipinski definition) is 4. The Balaban J connectivity index is 2.12. The van der Waals surface area contributed by atoms with Crippen molar-refractivity contribution in [3.63, 3.8) is 0 Å². The number of anilines is 2. The largest absolute Gasteiger partial charge is 0.361 e. The summed E-state index contributed by atoms with van der Waals surface area (Å²) in [6.07, 6.45) is 2.12. The van der Waals surface area contributed by atoms with Crippen LogP contribution in [0.25, 0.3) is 0 Å². The lowest BCUT2D eigenvalue weighted by atomic mass is 10.1. The highest BCUT2D eigenvalue weighted by Crippen LogP contribution is 2.22. The molecule has 0 bridgehead atoms. The number of nitrogens with zero attached hydrogens (tertiary/aromatic N) is 2. The van der Waals surface area contributed by atoms with E-state index in [1.807, 2.05) is 26.0 Å². The highest BCUT2D eigenvalue weighted by Gasteiger charge is 2.11. The maximum Gasteiger partial charge on any atom is 0.224 e. The van der Waals surface area contributed by atoms with Gasteiger partial charge in [0.25, 0.3) is 0 Å². The summed E-state index contributed by atoms with van der Waals surface area (Å²) < 4.78 is 13.8. The molecule has 0 aliphatic rings. The Morgan fingerprint density at radius 1 is 1.29 bits per heavy atom. The summed E-state index contributed by atoms with van der Waals surface area (Å²) in [7, 11) is 0. The number of aromatic nitrogens is 2. The van der Waals surface area contributed by atoms with Crippen LogP contribution in [0.1, 0.15) is 31.9 Å². The predicted molar refractivity (Wildman–Crippen MR) is 84.3 cm³/mol. The molecule has 0 aliphatic heterocycles. The fourth-order valence-corrected chi connectivity index (χ4v) is 1.96. The quantitative estimate of drug-likeness (QED) is 0.837. The molecule has 0 aliphatic carbocycles. The molecule has 0 saturated carbocycles.